The molecule has 1 unspecified atom stereocenters. The van der Waals surface area contributed by atoms with E-state index >= 15 is 0 Å². The first kappa shape index (κ1) is 23.9. The van der Waals surface area contributed by atoms with Gasteiger partial charge in [-0.3, -0.25) is 14.5 Å². The number of benzene rings is 2. The van der Waals surface area contributed by atoms with Gasteiger partial charge < -0.3 is 5.32 Å². The second-order valence-electron chi connectivity index (χ2n) is 8.23. The number of carbonyl (C=O) groups excluding carboxylic acids is 2. The van der Waals surface area contributed by atoms with E-state index in [0.29, 0.717) is 12.1 Å². The van der Waals surface area contributed by atoms with E-state index in [-0.39, 0.29) is 11.8 Å². The summed E-state index contributed by atoms with van der Waals surface area (Å²) < 4.78 is 0.876. The zero-order valence-corrected chi connectivity index (χ0v) is 20.4. The normalized spacial score (nSPS) is 11.8. The van der Waals surface area contributed by atoms with Crippen molar-refractivity contribution in [3.05, 3.63) is 63.2 Å². The number of hydrogen-bond donors (Lipinski definition) is 1. The molecule has 30 heavy (non-hydrogen) atoms. The molecule has 2 aromatic carbocycles. The summed E-state index contributed by atoms with van der Waals surface area (Å²) in [6.07, 6.45) is 1.50. The van der Waals surface area contributed by atoms with Gasteiger partial charge in [-0.05, 0) is 80.3 Å². The Morgan fingerprint density at radius 1 is 1.10 bits per heavy atom. The van der Waals surface area contributed by atoms with E-state index in [4.69, 9.17) is 0 Å². The Hall–Kier alpha value is -2.33. The molecule has 2 aromatic rings. The highest BCUT2D eigenvalue weighted by atomic mass is 127. The molecule has 0 fully saturated rings. The van der Waals surface area contributed by atoms with Crippen LogP contribution in [-0.2, 0) is 9.59 Å². The fourth-order valence-corrected chi connectivity index (χ4v) is 3.59. The number of anilines is 1. The van der Waals surface area contributed by atoms with Gasteiger partial charge in [0.2, 0.25) is 5.91 Å². The SMILES string of the molecule is CCCC#CC(=O)N(c1ccccc1I)C(C(=O)NC(C)(C)C)c1ccc(C)cc1. The number of carbonyl (C=O) groups is 2. The first-order valence-electron chi connectivity index (χ1n) is 10.1. The van der Waals surface area contributed by atoms with Crippen LogP contribution >= 0.6 is 22.6 Å². The summed E-state index contributed by atoms with van der Waals surface area (Å²) in [5, 5.41) is 3.04. The van der Waals surface area contributed by atoms with E-state index in [0.717, 1.165) is 21.1 Å². The lowest BCUT2D eigenvalue weighted by Gasteiger charge is -2.33. The Morgan fingerprint density at radius 2 is 1.73 bits per heavy atom. The van der Waals surface area contributed by atoms with Crippen LogP contribution in [0.1, 0.15) is 57.7 Å². The number of rotatable bonds is 5. The Balaban J connectivity index is 2.66. The minimum absolute atomic E-state index is 0.239. The van der Waals surface area contributed by atoms with Crippen LogP contribution in [0.3, 0.4) is 0 Å². The Kier molecular flexibility index (Phi) is 8.48. The average Bonchev–Trinajstić information content (AvgIpc) is 2.66. The highest BCUT2D eigenvalue weighted by Gasteiger charge is 2.34. The molecule has 4 nitrogen and oxygen atoms in total. The maximum Gasteiger partial charge on any atom is 0.303 e. The minimum Gasteiger partial charge on any atom is -0.349 e. The fourth-order valence-electron chi connectivity index (χ4n) is 2.94. The Bertz CT molecular complexity index is 950. The lowest BCUT2D eigenvalue weighted by atomic mass is 9.99. The van der Waals surface area contributed by atoms with Crippen molar-refractivity contribution in [2.24, 2.45) is 0 Å². The minimum atomic E-state index is -0.829. The first-order valence-corrected chi connectivity index (χ1v) is 11.2. The molecule has 0 bridgehead atoms. The molecule has 0 heterocycles. The molecule has 1 N–H and O–H groups in total. The molecule has 2 amide bonds. The number of para-hydroxylation sites is 1. The summed E-state index contributed by atoms with van der Waals surface area (Å²) >= 11 is 2.19. The predicted molar refractivity (Wildman–Crippen MR) is 131 cm³/mol. The molecule has 0 aromatic heterocycles. The third-order valence-corrected chi connectivity index (χ3v) is 5.21. The highest BCUT2D eigenvalue weighted by Crippen LogP contribution is 2.32. The summed E-state index contributed by atoms with van der Waals surface area (Å²) in [4.78, 5) is 28.3. The van der Waals surface area contributed by atoms with Gasteiger partial charge in [0.15, 0.2) is 0 Å². The van der Waals surface area contributed by atoms with Crippen molar-refractivity contribution in [2.45, 2.75) is 59.0 Å². The van der Waals surface area contributed by atoms with Crippen molar-refractivity contribution >= 4 is 40.1 Å². The molecule has 0 spiro atoms. The Labute approximate surface area is 193 Å². The van der Waals surface area contributed by atoms with Crippen LogP contribution in [0, 0.1) is 22.3 Å². The number of aryl methyl sites for hydroxylation is 1. The molecule has 0 saturated heterocycles. The maximum atomic E-state index is 13.4. The molecule has 0 aliphatic heterocycles. The van der Waals surface area contributed by atoms with Gasteiger partial charge >= 0.3 is 5.91 Å². The van der Waals surface area contributed by atoms with Crippen molar-refractivity contribution in [3.63, 3.8) is 0 Å². The molecule has 0 radical (unpaired) electrons. The van der Waals surface area contributed by atoms with Crippen LogP contribution in [0.4, 0.5) is 5.69 Å². The van der Waals surface area contributed by atoms with Crippen molar-refractivity contribution in [1.82, 2.24) is 5.32 Å². The summed E-state index contributed by atoms with van der Waals surface area (Å²) in [5.74, 6) is 5.05. The second-order valence-corrected chi connectivity index (χ2v) is 9.39. The van der Waals surface area contributed by atoms with Gasteiger partial charge in [0.25, 0.3) is 0 Å². The zero-order chi connectivity index (χ0) is 22.3. The van der Waals surface area contributed by atoms with E-state index in [1.807, 2.05) is 83.1 Å². The molecular weight excluding hydrogens is 487 g/mol. The van der Waals surface area contributed by atoms with Crippen LogP contribution in [0.2, 0.25) is 0 Å². The van der Waals surface area contributed by atoms with Crippen LogP contribution < -0.4 is 10.2 Å². The van der Waals surface area contributed by atoms with Gasteiger partial charge in [0.1, 0.15) is 6.04 Å². The third-order valence-electron chi connectivity index (χ3n) is 4.30. The number of nitrogens with one attached hydrogen (secondary N) is 1. The molecule has 158 valence electrons. The van der Waals surface area contributed by atoms with Crippen molar-refractivity contribution in [3.8, 4) is 11.8 Å². The summed E-state index contributed by atoms with van der Waals surface area (Å²) in [6.45, 7) is 9.79. The van der Waals surface area contributed by atoms with Gasteiger partial charge in [0.05, 0.1) is 5.69 Å². The number of hydrogen-bond acceptors (Lipinski definition) is 2. The zero-order valence-electron chi connectivity index (χ0n) is 18.3. The topological polar surface area (TPSA) is 49.4 Å². The first-order chi connectivity index (χ1) is 14.1. The van der Waals surface area contributed by atoms with E-state index in [2.05, 4.69) is 39.7 Å². The molecule has 0 saturated carbocycles. The summed E-state index contributed by atoms with van der Waals surface area (Å²) in [6, 6.07) is 14.4. The number of halogens is 1. The molecule has 1 atom stereocenters. The Morgan fingerprint density at radius 3 is 2.30 bits per heavy atom. The number of nitrogens with zero attached hydrogens (tertiary/aromatic N) is 1. The van der Waals surface area contributed by atoms with E-state index in [1.165, 1.54) is 4.90 Å². The van der Waals surface area contributed by atoms with Crippen molar-refractivity contribution in [2.75, 3.05) is 4.90 Å². The van der Waals surface area contributed by atoms with Gasteiger partial charge in [0, 0.05) is 15.5 Å². The van der Waals surface area contributed by atoms with E-state index in [9.17, 15) is 9.59 Å². The van der Waals surface area contributed by atoms with Crippen LogP contribution in [0.25, 0.3) is 0 Å². The summed E-state index contributed by atoms with van der Waals surface area (Å²) in [5.41, 5.74) is 2.06. The highest BCUT2D eigenvalue weighted by molar-refractivity contribution is 14.1. The molecule has 2 rings (SSSR count). The molecular formula is C25H29IN2O2. The third kappa shape index (κ3) is 6.60. The predicted octanol–water partition coefficient (Wildman–Crippen LogP) is 5.39. The number of amides is 2. The second kappa shape index (κ2) is 10.6. The van der Waals surface area contributed by atoms with Crippen LogP contribution in [0.5, 0.6) is 0 Å². The van der Waals surface area contributed by atoms with Crippen LogP contribution in [0.15, 0.2) is 48.5 Å². The number of unbranched alkanes of at least 4 members (excludes halogenated alkanes) is 1. The lowest BCUT2D eigenvalue weighted by Crippen LogP contribution is -2.49. The monoisotopic (exact) mass is 516 g/mol. The molecule has 0 aliphatic carbocycles. The largest absolute Gasteiger partial charge is 0.349 e. The van der Waals surface area contributed by atoms with Crippen LogP contribution in [-0.4, -0.2) is 17.4 Å². The van der Waals surface area contributed by atoms with Crippen molar-refractivity contribution in [1.29, 1.82) is 0 Å². The van der Waals surface area contributed by atoms with E-state index < -0.39 is 11.6 Å². The summed E-state index contributed by atoms with van der Waals surface area (Å²) in [7, 11) is 0. The lowest BCUT2D eigenvalue weighted by molar-refractivity contribution is -0.126. The van der Waals surface area contributed by atoms with Gasteiger partial charge in [-0.2, -0.15) is 0 Å². The quantitative estimate of drug-likeness (QED) is 0.428. The fraction of sp³-hybridized carbons (Fsp3) is 0.360. The molecule has 5 heteroatoms. The van der Waals surface area contributed by atoms with Crippen molar-refractivity contribution < 1.29 is 9.59 Å². The smallest absolute Gasteiger partial charge is 0.303 e. The van der Waals surface area contributed by atoms with Gasteiger partial charge in [-0.1, -0.05) is 54.8 Å². The van der Waals surface area contributed by atoms with Gasteiger partial charge in [-0.25, -0.2) is 0 Å². The maximum absolute atomic E-state index is 13.4. The van der Waals surface area contributed by atoms with E-state index in [1.54, 1.807) is 0 Å². The van der Waals surface area contributed by atoms with Gasteiger partial charge in [-0.15, -0.1) is 0 Å². The standard InChI is InChI=1S/C25H29IN2O2/c1-6-7-8-13-22(29)28(21-12-10-9-11-20(21)26)23(24(30)27-25(3,4)5)19-16-14-18(2)15-17-19/h9-12,14-17,23H,6-7H2,1-5H3,(H,27,30). The molecule has 0 aliphatic rings. The average molecular weight is 516 g/mol.